The Hall–Kier alpha value is -0.800. The smallest absolute Gasteiger partial charge is 0.0659 e. The molecule has 3 heteroatoms. The fourth-order valence-electron chi connectivity index (χ4n) is 1.11. The molecule has 0 heterocycles. The minimum absolute atomic E-state index is 0.880. The second kappa shape index (κ2) is 5.04. The highest BCUT2D eigenvalue weighted by molar-refractivity contribution is 7.80. The van der Waals surface area contributed by atoms with E-state index in [0.717, 1.165) is 22.5 Å². The number of benzene rings is 1. The SMILES string of the molecule is CCC(=S)c1ccccc1NC=S. The van der Waals surface area contributed by atoms with Gasteiger partial charge in [-0.2, -0.15) is 0 Å². The van der Waals surface area contributed by atoms with Crippen molar-refractivity contribution in [1.82, 2.24) is 0 Å². The third kappa shape index (κ3) is 2.57. The number of anilines is 1. The Morgan fingerprint density at radius 3 is 2.77 bits per heavy atom. The maximum Gasteiger partial charge on any atom is 0.0659 e. The molecular formula is C10H11NS2. The third-order valence-corrected chi connectivity index (χ3v) is 2.39. The van der Waals surface area contributed by atoms with Gasteiger partial charge in [0.2, 0.25) is 0 Å². The summed E-state index contributed by atoms with van der Waals surface area (Å²) in [6, 6.07) is 7.92. The van der Waals surface area contributed by atoms with Crippen LogP contribution in [0.5, 0.6) is 0 Å². The fourth-order valence-corrected chi connectivity index (χ4v) is 1.41. The molecule has 0 aromatic heterocycles. The van der Waals surface area contributed by atoms with Gasteiger partial charge in [0.25, 0.3) is 0 Å². The van der Waals surface area contributed by atoms with Crippen LogP contribution in [0.4, 0.5) is 5.69 Å². The van der Waals surface area contributed by atoms with E-state index in [2.05, 4.69) is 12.2 Å². The zero-order chi connectivity index (χ0) is 9.68. The van der Waals surface area contributed by atoms with E-state index in [4.69, 9.17) is 24.4 Å². The summed E-state index contributed by atoms with van der Waals surface area (Å²) in [6.07, 6.45) is 0.880. The molecule has 0 aliphatic heterocycles. The maximum absolute atomic E-state index is 5.24. The van der Waals surface area contributed by atoms with Gasteiger partial charge in [-0.15, -0.1) is 0 Å². The third-order valence-electron chi connectivity index (χ3n) is 1.76. The predicted octanol–water partition coefficient (Wildman–Crippen LogP) is 3.18. The van der Waals surface area contributed by atoms with Gasteiger partial charge in [0.05, 0.1) is 5.49 Å². The summed E-state index contributed by atoms with van der Waals surface area (Å²) < 4.78 is 0. The second-order valence-electron chi connectivity index (χ2n) is 2.58. The Balaban J connectivity index is 3.03. The quantitative estimate of drug-likeness (QED) is 0.604. The molecule has 1 aromatic carbocycles. The van der Waals surface area contributed by atoms with Crippen molar-refractivity contribution in [3.63, 3.8) is 0 Å². The number of thiocarbonyl (C=S) groups is 2. The number of nitrogens with one attached hydrogen (secondary N) is 1. The van der Waals surface area contributed by atoms with E-state index in [1.165, 1.54) is 5.49 Å². The molecule has 0 amide bonds. The Morgan fingerprint density at radius 2 is 2.15 bits per heavy atom. The Kier molecular flexibility index (Phi) is 3.99. The van der Waals surface area contributed by atoms with Crippen LogP contribution in [0, 0.1) is 0 Å². The molecule has 13 heavy (non-hydrogen) atoms. The van der Waals surface area contributed by atoms with Gasteiger partial charge >= 0.3 is 0 Å². The molecule has 0 bridgehead atoms. The van der Waals surface area contributed by atoms with Crippen LogP contribution in [0.1, 0.15) is 18.9 Å². The van der Waals surface area contributed by atoms with Gasteiger partial charge in [0.1, 0.15) is 0 Å². The molecule has 68 valence electrons. The first-order valence-corrected chi connectivity index (χ1v) is 5.00. The molecule has 0 aliphatic rings. The van der Waals surface area contributed by atoms with Crippen molar-refractivity contribution in [1.29, 1.82) is 0 Å². The van der Waals surface area contributed by atoms with E-state index in [0.29, 0.717) is 0 Å². The zero-order valence-corrected chi connectivity index (χ0v) is 9.04. The van der Waals surface area contributed by atoms with Crippen LogP contribution < -0.4 is 5.32 Å². The standard InChI is InChI=1S/C10H11NS2/c1-2-10(13)8-5-3-4-6-9(8)11-7-12/h3-7H,2H2,1H3,(H,11,12). The Labute approximate surface area is 89.2 Å². The van der Waals surface area contributed by atoms with Crippen LogP contribution in [0.2, 0.25) is 0 Å². The summed E-state index contributed by atoms with van der Waals surface area (Å²) in [4.78, 5) is 0.958. The first-order valence-electron chi connectivity index (χ1n) is 4.12. The van der Waals surface area contributed by atoms with Crippen molar-refractivity contribution in [3.05, 3.63) is 29.8 Å². The highest BCUT2D eigenvalue weighted by Gasteiger charge is 2.03. The molecule has 0 radical (unpaired) electrons. The topological polar surface area (TPSA) is 12.0 Å². The summed E-state index contributed by atoms with van der Waals surface area (Å²) in [5, 5.41) is 2.99. The van der Waals surface area contributed by atoms with Crippen molar-refractivity contribution in [2.45, 2.75) is 13.3 Å². The van der Waals surface area contributed by atoms with E-state index in [9.17, 15) is 0 Å². The predicted molar refractivity (Wildman–Crippen MR) is 65.7 cm³/mol. The summed E-state index contributed by atoms with van der Waals surface area (Å²) >= 11 is 9.97. The largest absolute Gasteiger partial charge is 0.352 e. The van der Waals surface area contributed by atoms with Crippen molar-refractivity contribution >= 4 is 40.5 Å². The summed E-state index contributed by atoms with van der Waals surface area (Å²) in [5.74, 6) is 0. The number of hydrogen-bond donors (Lipinski definition) is 1. The lowest BCUT2D eigenvalue weighted by Gasteiger charge is -2.07. The molecule has 1 aromatic rings. The molecule has 0 aliphatic carbocycles. The summed E-state index contributed by atoms with van der Waals surface area (Å²) in [5.41, 5.74) is 3.56. The van der Waals surface area contributed by atoms with Gasteiger partial charge < -0.3 is 5.32 Å². The average molecular weight is 209 g/mol. The molecule has 0 saturated heterocycles. The molecule has 0 spiro atoms. The van der Waals surface area contributed by atoms with Gasteiger partial charge in [-0.05, 0) is 12.5 Å². The van der Waals surface area contributed by atoms with Gasteiger partial charge in [-0.25, -0.2) is 0 Å². The lowest BCUT2D eigenvalue weighted by molar-refractivity contribution is 1.31. The fraction of sp³-hybridized carbons (Fsp3) is 0.200. The molecule has 1 rings (SSSR count). The van der Waals surface area contributed by atoms with Gasteiger partial charge in [-0.3, -0.25) is 0 Å². The highest BCUT2D eigenvalue weighted by Crippen LogP contribution is 2.16. The van der Waals surface area contributed by atoms with Crippen molar-refractivity contribution in [2.75, 3.05) is 5.32 Å². The molecule has 0 saturated carbocycles. The number of rotatable bonds is 4. The number of hydrogen-bond acceptors (Lipinski definition) is 2. The lowest BCUT2D eigenvalue weighted by Crippen LogP contribution is -2.02. The van der Waals surface area contributed by atoms with Crippen LogP contribution >= 0.6 is 24.4 Å². The van der Waals surface area contributed by atoms with E-state index >= 15 is 0 Å². The second-order valence-corrected chi connectivity index (χ2v) is 3.31. The Morgan fingerprint density at radius 1 is 1.46 bits per heavy atom. The molecule has 1 N–H and O–H groups in total. The zero-order valence-electron chi connectivity index (χ0n) is 7.41. The van der Waals surface area contributed by atoms with Crippen molar-refractivity contribution in [2.24, 2.45) is 0 Å². The van der Waals surface area contributed by atoms with Gasteiger partial charge in [0, 0.05) is 16.1 Å². The monoisotopic (exact) mass is 209 g/mol. The highest BCUT2D eigenvalue weighted by atomic mass is 32.1. The van der Waals surface area contributed by atoms with Crippen LogP contribution in [0.3, 0.4) is 0 Å². The van der Waals surface area contributed by atoms with Crippen molar-refractivity contribution in [3.8, 4) is 0 Å². The molecule has 0 atom stereocenters. The number of para-hydroxylation sites is 1. The minimum Gasteiger partial charge on any atom is -0.352 e. The molecule has 0 fully saturated rings. The molecule has 0 unspecified atom stereocenters. The van der Waals surface area contributed by atoms with Gasteiger partial charge in [-0.1, -0.05) is 49.6 Å². The van der Waals surface area contributed by atoms with E-state index in [1.54, 1.807) is 0 Å². The van der Waals surface area contributed by atoms with E-state index < -0.39 is 0 Å². The van der Waals surface area contributed by atoms with Crippen LogP contribution in [-0.2, 0) is 0 Å². The van der Waals surface area contributed by atoms with Crippen LogP contribution in [0.25, 0.3) is 0 Å². The van der Waals surface area contributed by atoms with Crippen molar-refractivity contribution < 1.29 is 0 Å². The van der Waals surface area contributed by atoms with Gasteiger partial charge in [0.15, 0.2) is 0 Å². The Bertz CT molecular complexity index is 320. The van der Waals surface area contributed by atoms with E-state index in [-0.39, 0.29) is 0 Å². The molecular weight excluding hydrogens is 198 g/mol. The maximum atomic E-state index is 5.24. The summed E-state index contributed by atoms with van der Waals surface area (Å²) in [7, 11) is 0. The van der Waals surface area contributed by atoms with E-state index in [1.807, 2.05) is 24.3 Å². The van der Waals surface area contributed by atoms with Crippen LogP contribution in [0.15, 0.2) is 24.3 Å². The van der Waals surface area contributed by atoms with Crippen LogP contribution in [-0.4, -0.2) is 10.4 Å². The minimum atomic E-state index is 0.880. The summed E-state index contributed by atoms with van der Waals surface area (Å²) in [6.45, 7) is 2.05. The lowest BCUT2D eigenvalue weighted by atomic mass is 10.1. The average Bonchev–Trinajstić information content (AvgIpc) is 2.18. The normalized spacial score (nSPS) is 9.31. The molecule has 1 nitrogen and oxygen atoms in total. The first-order chi connectivity index (χ1) is 6.29. The first kappa shape index (κ1) is 10.3.